The molecule has 1 amide bonds. The van der Waals surface area contributed by atoms with Crippen molar-refractivity contribution in [2.24, 2.45) is 5.92 Å². The van der Waals surface area contributed by atoms with Crippen molar-refractivity contribution < 1.29 is 22.7 Å². The zero-order chi connectivity index (χ0) is 20.6. The second-order valence-corrected chi connectivity index (χ2v) is 10.4. The van der Waals surface area contributed by atoms with Gasteiger partial charge < -0.3 is 14.4 Å². The van der Waals surface area contributed by atoms with Gasteiger partial charge >= 0.3 is 0 Å². The summed E-state index contributed by atoms with van der Waals surface area (Å²) in [4.78, 5) is 14.9. The molecule has 0 aliphatic carbocycles. The van der Waals surface area contributed by atoms with E-state index in [1.54, 1.807) is 7.11 Å². The first-order valence-corrected chi connectivity index (χ1v) is 12.1. The van der Waals surface area contributed by atoms with Crippen molar-refractivity contribution in [2.75, 3.05) is 33.1 Å². The van der Waals surface area contributed by atoms with Crippen LogP contribution in [0.5, 0.6) is 11.5 Å². The van der Waals surface area contributed by atoms with Crippen molar-refractivity contribution in [2.45, 2.75) is 29.4 Å². The Morgan fingerprint density at radius 1 is 1.31 bits per heavy atom. The van der Waals surface area contributed by atoms with E-state index in [1.807, 2.05) is 23.1 Å². The molecule has 2 aromatic rings. The molecular weight excluding hydrogens is 414 g/mol. The maximum Gasteiger partial charge on any atom is 0.229 e. The Labute approximate surface area is 173 Å². The van der Waals surface area contributed by atoms with Crippen molar-refractivity contribution >= 4 is 27.3 Å². The molecule has 2 aliphatic rings. The summed E-state index contributed by atoms with van der Waals surface area (Å²) in [5.41, 5.74) is 1.53. The van der Waals surface area contributed by atoms with Gasteiger partial charge in [0.1, 0.15) is 6.61 Å². The number of hydrogen-bond donors (Lipinski definition) is 0. The van der Waals surface area contributed by atoms with Crippen molar-refractivity contribution in [3.05, 3.63) is 29.5 Å². The standard InChI is InChI=1S/C19H23N3O5S2/c1-26-15-5-3-4-13-10-14(11-27-17(13)15)18(23)22-8-6-12(7-9-22)16-19(28-21-20-16)29(2,24)25/h3-5,12,14H,6-11H2,1-2H3/t14-/m1/s1. The number of aromatic nitrogens is 2. The molecule has 0 spiro atoms. The van der Waals surface area contributed by atoms with E-state index in [1.165, 1.54) is 6.26 Å². The van der Waals surface area contributed by atoms with Crippen molar-refractivity contribution in [1.82, 2.24) is 14.5 Å². The number of fused-ring (bicyclic) bond motifs is 1. The number of ether oxygens (including phenoxy) is 2. The average Bonchev–Trinajstić information content (AvgIpc) is 3.23. The highest BCUT2D eigenvalue weighted by atomic mass is 32.2. The second kappa shape index (κ2) is 7.91. The molecule has 156 valence electrons. The summed E-state index contributed by atoms with van der Waals surface area (Å²) in [6.45, 7) is 1.48. The maximum atomic E-state index is 13.0. The zero-order valence-corrected chi connectivity index (χ0v) is 18.0. The fourth-order valence-corrected chi connectivity index (χ4v) is 5.77. The van der Waals surface area contributed by atoms with E-state index in [0.29, 0.717) is 50.4 Å². The van der Waals surface area contributed by atoms with Gasteiger partial charge in [-0.15, -0.1) is 5.10 Å². The van der Waals surface area contributed by atoms with Crippen LogP contribution in [0, 0.1) is 5.92 Å². The van der Waals surface area contributed by atoms with E-state index in [9.17, 15) is 13.2 Å². The smallest absolute Gasteiger partial charge is 0.229 e. The summed E-state index contributed by atoms with van der Waals surface area (Å²) in [6, 6.07) is 5.72. The number of sulfone groups is 1. The highest BCUT2D eigenvalue weighted by Gasteiger charge is 2.34. The Morgan fingerprint density at radius 2 is 2.07 bits per heavy atom. The number of amides is 1. The molecule has 0 saturated carbocycles. The first kappa shape index (κ1) is 20.1. The largest absolute Gasteiger partial charge is 0.493 e. The minimum atomic E-state index is -3.33. The van der Waals surface area contributed by atoms with Gasteiger partial charge in [-0.2, -0.15) is 0 Å². The van der Waals surface area contributed by atoms with Gasteiger partial charge in [0.15, 0.2) is 25.5 Å². The van der Waals surface area contributed by atoms with Crippen LogP contribution in [0.15, 0.2) is 22.4 Å². The van der Waals surface area contributed by atoms with E-state index >= 15 is 0 Å². The Hall–Kier alpha value is -2.20. The SMILES string of the molecule is COc1cccc2c1OC[C@H](C(=O)N1CCC(c3nnsc3S(C)(=O)=O)CC1)C2. The predicted molar refractivity (Wildman–Crippen MR) is 107 cm³/mol. The van der Waals surface area contributed by atoms with Gasteiger partial charge in [-0.05, 0) is 30.9 Å². The van der Waals surface area contributed by atoms with Crippen molar-refractivity contribution in [3.63, 3.8) is 0 Å². The molecule has 2 aliphatic heterocycles. The molecule has 1 atom stereocenters. The lowest BCUT2D eigenvalue weighted by Gasteiger charge is -2.35. The first-order chi connectivity index (χ1) is 13.9. The van der Waals surface area contributed by atoms with Crippen LogP contribution in [0.1, 0.15) is 30.0 Å². The molecule has 4 rings (SSSR count). The number of benzene rings is 1. The molecule has 1 fully saturated rings. The number of carbonyl (C=O) groups excluding carboxylic acids is 1. The topological polar surface area (TPSA) is 98.7 Å². The van der Waals surface area contributed by atoms with Crippen LogP contribution in [-0.2, 0) is 21.1 Å². The van der Waals surface area contributed by atoms with Crippen molar-refractivity contribution in [1.29, 1.82) is 0 Å². The fraction of sp³-hybridized carbons (Fsp3) is 0.526. The number of carbonyl (C=O) groups is 1. The third-order valence-corrected chi connectivity index (χ3v) is 8.09. The highest BCUT2D eigenvalue weighted by molar-refractivity contribution is 7.92. The third kappa shape index (κ3) is 3.95. The van der Waals surface area contributed by atoms with Crippen LogP contribution < -0.4 is 9.47 Å². The van der Waals surface area contributed by atoms with E-state index in [-0.39, 0.29) is 22.0 Å². The number of para-hydroxylation sites is 1. The molecule has 0 N–H and O–H groups in total. The summed E-state index contributed by atoms with van der Waals surface area (Å²) in [5.74, 6) is 1.28. The maximum absolute atomic E-state index is 13.0. The fourth-order valence-electron chi connectivity index (χ4n) is 4.04. The Kier molecular flexibility index (Phi) is 5.48. The number of likely N-dealkylation sites (tertiary alicyclic amines) is 1. The third-order valence-electron chi connectivity index (χ3n) is 5.54. The molecule has 1 aromatic heterocycles. The number of methoxy groups -OCH3 is 1. The highest BCUT2D eigenvalue weighted by Crippen LogP contribution is 2.37. The molecule has 0 unspecified atom stereocenters. The molecule has 1 saturated heterocycles. The van der Waals surface area contributed by atoms with Gasteiger partial charge in [0.05, 0.1) is 18.7 Å². The van der Waals surface area contributed by atoms with E-state index in [4.69, 9.17) is 9.47 Å². The molecule has 10 heteroatoms. The lowest BCUT2D eigenvalue weighted by Crippen LogP contribution is -2.44. The van der Waals surface area contributed by atoms with Crippen LogP contribution in [0.4, 0.5) is 0 Å². The van der Waals surface area contributed by atoms with Crippen LogP contribution in [-0.4, -0.2) is 61.9 Å². The van der Waals surface area contributed by atoms with Crippen LogP contribution in [0.25, 0.3) is 0 Å². The minimum Gasteiger partial charge on any atom is -0.493 e. The van der Waals surface area contributed by atoms with E-state index < -0.39 is 9.84 Å². The summed E-state index contributed by atoms with van der Waals surface area (Å²) in [6.07, 6.45) is 3.16. The molecule has 29 heavy (non-hydrogen) atoms. The molecule has 3 heterocycles. The first-order valence-electron chi connectivity index (χ1n) is 9.48. The van der Waals surface area contributed by atoms with Gasteiger partial charge in [0.2, 0.25) is 5.91 Å². The Morgan fingerprint density at radius 3 is 2.76 bits per heavy atom. The second-order valence-electron chi connectivity index (χ2n) is 7.48. The van der Waals surface area contributed by atoms with Crippen LogP contribution >= 0.6 is 11.5 Å². The summed E-state index contributed by atoms with van der Waals surface area (Å²) < 4.78 is 39.1. The van der Waals surface area contributed by atoms with Gasteiger partial charge in [0, 0.05) is 36.8 Å². The predicted octanol–water partition coefficient (Wildman–Crippen LogP) is 1.91. The number of nitrogens with zero attached hydrogens (tertiary/aromatic N) is 3. The summed E-state index contributed by atoms with van der Waals surface area (Å²) in [5, 5.41) is 4.06. The van der Waals surface area contributed by atoms with Gasteiger partial charge in [0.25, 0.3) is 0 Å². The minimum absolute atomic E-state index is 0.00937. The summed E-state index contributed by atoms with van der Waals surface area (Å²) >= 11 is 0.920. The van der Waals surface area contributed by atoms with Crippen molar-refractivity contribution in [3.8, 4) is 11.5 Å². The molecule has 8 nitrogen and oxygen atoms in total. The Balaban J connectivity index is 1.41. The number of rotatable bonds is 4. The van der Waals surface area contributed by atoms with Crippen LogP contribution in [0.2, 0.25) is 0 Å². The van der Waals surface area contributed by atoms with Gasteiger partial charge in [-0.25, -0.2) is 8.42 Å². The average molecular weight is 438 g/mol. The molecule has 0 radical (unpaired) electrons. The summed E-state index contributed by atoms with van der Waals surface area (Å²) in [7, 11) is -1.73. The van der Waals surface area contributed by atoms with E-state index in [2.05, 4.69) is 9.59 Å². The molecule has 0 bridgehead atoms. The Bertz CT molecular complexity index is 1010. The lowest BCUT2D eigenvalue weighted by atomic mass is 9.91. The molecular formula is C19H23N3O5S2. The van der Waals surface area contributed by atoms with Crippen LogP contribution in [0.3, 0.4) is 0 Å². The monoisotopic (exact) mass is 437 g/mol. The zero-order valence-electron chi connectivity index (χ0n) is 16.3. The molecule has 1 aromatic carbocycles. The van der Waals surface area contributed by atoms with Gasteiger partial charge in [-0.1, -0.05) is 16.6 Å². The lowest BCUT2D eigenvalue weighted by molar-refractivity contribution is -0.138. The normalized spacial score (nSPS) is 20.1. The quantitative estimate of drug-likeness (QED) is 0.720. The number of piperidine rings is 1. The van der Waals surface area contributed by atoms with E-state index in [0.717, 1.165) is 22.8 Å². The number of hydrogen-bond acceptors (Lipinski definition) is 8. The van der Waals surface area contributed by atoms with Gasteiger partial charge in [-0.3, -0.25) is 4.79 Å².